The Kier molecular flexibility index (Phi) is 4.78. The van der Waals surface area contributed by atoms with E-state index in [1.807, 2.05) is 36.4 Å². The van der Waals surface area contributed by atoms with Crippen LogP contribution in [0.3, 0.4) is 0 Å². The molecule has 7 nitrogen and oxygen atoms in total. The number of carbonyl (C=O) groups is 4. The van der Waals surface area contributed by atoms with E-state index in [1.54, 1.807) is 12.1 Å². The lowest BCUT2D eigenvalue weighted by atomic mass is 9.62. The lowest BCUT2D eigenvalue weighted by Gasteiger charge is -2.49. The molecule has 5 aromatic carbocycles. The maximum atomic E-state index is 14.2. The Morgan fingerprint density at radius 2 is 1.05 bits per heavy atom. The molecule has 1 saturated carbocycles. The molecule has 1 aliphatic carbocycles. The van der Waals surface area contributed by atoms with Gasteiger partial charge in [0, 0.05) is 46.1 Å². The van der Waals surface area contributed by atoms with Gasteiger partial charge in [-0.05, 0) is 93.2 Å². The van der Waals surface area contributed by atoms with Crippen LogP contribution < -0.4 is 5.73 Å². The van der Waals surface area contributed by atoms with Crippen molar-refractivity contribution in [2.24, 2.45) is 16.6 Å². The molecule has 0 radical (unpaired) electrons. The van der Waals surface area contributed by atoms with Crippen LogP contribution in [0.2, 0.25) is 0 Å². The average Bonchev–Trinajstić information content (AvgIpc) is 2.95. The smallest absolute Gasteiger partial charge is 0.261 e. The molecule has 2 atom stereocenters. The second-order valence-corrected chi connectivity index (χ2v) is 13.7. The van der Waals surface area contributed by atoms with Crippen molar-refractivity contribution in [2.45, 2.75) is 46.1 Å². The molecule has 1 fully saturated rings. The molecule has 2 heterocycles. The van der Waals surface area contributed by atoms with E-state index in [4.69, 9.17) is 5.73 Å². The second-order valence-electron chi connectivity index (χ2n) is 13.7. The van der Waals surface area contributed by atoms with Crippen LogP contribution in [0.4, 0.5) is 0 Å². The zero-order chi connectivity index (χ0) is 29.5. The summed E-state index contributed by atoms with van der Waals surface area (Å²) in [5.74, 6) is -1.15. The van der Waals surface area contributed by atoms with Gasteiger partial charge in [-0.2, -0.15) is 0 Å². The molecule has 0 aromatic heterocycles. The Morgan fingerprint density at radius 3 is 1.45 bits per heavy atom. The van der Waals surface area contributed by atoms with Gasteiger partial charge < -0.3 is 5.73 Å². The van der Waals surface area contributed by atoms with Gasteiger partial charge in [-0.3, -0.25) is 29.0 Å². The van der Waals surface area contributed by atoms with Crippen molar-refractivity contribution in [2.75, 3.05) is 13.6 Å². The molecule has 2 N–H and O–H groups in total. The Morgan fingerprint density at radius 1 is 0.643 bits per heavy atom. The number of nitrogens with two attached hydrogens (primary N) is 1. The zero-order valence-electron chi connectivity index (χ0n) is 24.1. The number of carbonyl (C=O) groups excluding carboxylic acids is 4. The maximum absolute atomic E-state index is 14.2. The first-order valence-corrected chi connectivity index (χ1v) is 14.6. The normalized spacial score (nSPS) is 23.8. The van der Waals surface area contributed by atoms with E-state index < -0.39 is 0 Å². The number of hydrogen-bond donors (Lipinski definition) is 1. The molecule has 8 rings (SSSR count). The van der Waals surface area contributed by atoms with Crippen molar-refractivity contribution in [3.8, 4) is 0 Å². The number of nitrogens with zero attached hydrogens (tertiary/aromatic N) is 2. The molecular weight excluding hydrogens is 526 g/mol. The Balaban J connectivity index is 1.39. The van der Waals surface area contributed by atoms with Crippen molar-refractivity contribution in [1.29, 1.82) is 0 Å². The highest BCUT2D eigenvalue weighted by molar-refractivity contribution is 6.41. The van der Waals surface area contributed by atoms with Crippen molar-refractivity contribution in [3.63, 3.8) is 0 Å². The average molecular weight is 558 g/mol. The second kappa shape index (κ2) is 7.92. The van der Waals surface area contributed by atoms with Gasteiger partial charge in [0.1, 0.15) is 0 Å². The number of rotatable bonds is 2. The highest BCUT2D eigenvalue weighted by Gasteiger charge is 2.47. The minimum atomic E-state index is -0.319. The van der Waals surface area contributed by atoms with Crippen LogP contribution in [0.25, 0.3) is 43.1 Å². The van der Waals surface area contributed by atoms with Crippen LogP contribution in [0.5, 0.6) is 0 Å². The fraction of sp³-hybridized carbons (Fsp3) is 0.314. The standard InChI is InChI=1S/C35H31N3O4/c1-34(2)13-17(14-35(3,15-34)16-36)38-32(41)24-11-7-20-18-5-9-22-28-23(31(40)37(4)30(22)39)10-6-19(26(18)28)21-8-12-25(33(38)42)29(24)27(20)21/h5-12,17H,13-16,36H2,1-4H3. The van der Waals surface area contributed by atoms with Crippen LogP contribution in [-0.4, -0.2) is 53.1 Å². The molecule has 2 aliphatic heterocycles. The number of imide groups is 2. The van der Waals surface area contributed by atoms with Crippen LogP contribution in [-0.2, 0) is 0 Å². The first-order valence-electron chi connectivity index (χ1n) is 14.6. The summed E-state index contributed by atoms with van der Waals surface area (Å²) in [4.78, 5) is 57.2. The molecule has 7 heteroatoms. The minimum absolute atomic E-state index is 0.0536. The number of amides is 4. The van der Waals surface area contributed by atoms with Gasteiger partial charge in [0.15, 0.2) is 0 Å². The maximum Gasteiger partial charge on any atom is 0.261 e. The topological polar surface area (TPSA) is 101 Å². The van der Waals surface area contributed by atoms with Crippen molar-refractivity contribution in [1.82, 2.24) is 9.80 Å². The van der Waals surface area contributed by atoms with Crippen LogP contribution in [0.15, 0.2) is 48.5 Å². The summed E-state index contributed by atoms with van der Waals surface area (Å²) in [5.41, 5.74) is 8.07. The van der Waals surface area contributed by atoms with Gasteiger partial charge in [0.2, 0.25) is 0 Å². The van der Waals surface area contributed by atoms with Gasteiger partial charge in [-0.15, -0.1) is 0 Å². The summed E-state index contributed by atoms with van der Waals surface area (Å²) in [7, 11) is 1.51. The fourth-order valence-corrected chi connectivity index (χ4v) is 8.66. The van der Waals surface area contributed by atoms with Crippen LogP contribution in [0.1, 0.15) is 81.5 Å². The van der Waals surface area contributed by atoms with E-state index in [0.29, 0.717) is 46.0 Å². The van der Waals surface area contributed by atoms with E-state index in [2.05, 4.69) is 20.8 Å². The molecule has 0 saturated heterocycles. The number of hydrogen-bond acceptors (Lipinski definition) is 5. The SMILES string of the molecule is CN1C(=O)c2ccc3c4ccc5c6c(ccc(c7ccc(c2c37)C1=O)c64)C(=O)N(C1CC(C)(C)CC(C)(CN)C1)C5=O. The summed E-state index contributed by atoms with van der Waals surface area (Å²) in [6.07, 6.45) is 2.37. The summed E-state index contributed by atoms with van der Waals surface area (Å²) < 4.78 is 0. The molecule has 3 aliphatic rings. The lowest BCUT2D eigenvalue weighted by molar-refractivity contribution is 0.0178. The van der Waals surface area contributed by atoms with Gasteiger partial charge in [-0.1, -0.05) is 45.0 Å². The van der Waals surface area contributed by atoms with Crippen molar-refractivity contribution in [3.05, 3.63) is 70.8 Å². The van der Waals surface area contributed by atoms with Gasteiger partial charge in [0.05, 0.1) is 0 Å². The number of fused-ring (bicyclic) bond motifs is 2. The first kappa shape index (κ1) is 25.4. The summed E-state index contributed by atoms with van der Waals surface area (Å²) in [5, 5.41) is 6.63. The molecule has 42 heavy (non-hydrogen) atoms. The fourth-order valence-electron chi connectivity index (χ4n) is 8.66. The molecule has 0 bridgehead atoms. The van der Waals surface area contributed by atoms with Crippen LogP contribution >= 0.6 is 0 Å². The Labute approximate surface area is 242 Å². The molecule has 4 amide bonds. The molecule has 0 spiro atoms. The summed E-state index contributed by atoms with van der Waals surface area (Å²) in [6.45, 7) is 7.05. The van der Waals surface area contributed by atoms with Gasteiger partial charge >= 0.3 is 0 Å². The predicted octanol–water partition coefficient (Wildman–Crippen LogP) is 6.10. The third kappa shape index (κ3) is 3.04. The molecule has 2 unspecified atom stereocenters. The van der Waals surface area contributed by atoms with Crippen molar-refractivity contribution < 1.29 is 19.2 Å². The largest absolute Gasteiger partial charge is 0.330 e. The third-order valence-electron chi connectivity index (χ3n) is 10.2. The van der Waals surface area contributed by atoms with E-state index in [0.717, 1.165) is 50.1 Å². The van der Waals surface area contributed by atoms with E-state index in [1.165, 1.54) is 11.9 Å². The summed E-state index contributed by atoms with van der Waals surface area (Å²) in [6, 6.07) is 14.8. The van der Waals surface area contributed by atoms with Crippen molar-refractivity contribution >= 4 is 66.7 Å². The van der Waals surface area contributed by atoms with E-state index in [-0.39, 0.29) is 40.5 Å². The predicted molar refractivity (Wildman–Crippen MR) is 163 cm³/mol. The Bertz CT molecular complexity index is 1990. The quantitative estimate of drug-likeness (QED) is 0.161. The van der Waals surface area contributed by atoms with Crippen LogP contribution in [0, 0.1) is 10.8 Å². The molecule has 210 valence electrons. The minimum Gasteiger partial charge on any atom is -0.330 e. The third-order valence-corrected chi connectivity index (χ3v) is 10.2. The van der Waals surface area contributed by atoms with E-state index in [9.17, 15) is 19.2 Å². The molecular formula is C35H31N3O4. The lowest BCUT2D eigenvalue weighted by Crippen LogP contribution is -2.54. The van der Waals surface area contributed by atoms with Gasteiger partial charge in [-0.25, -0.2) is 0 Å². The highest BCUT2D eigenvalue weighted by atomic mass is 16.2. The number of benzene rings is 5. The highest BCUT2D eigenvalue weighted by Crippen LogP contribution is 2.50. The van der Waals surface area contributed by atoms with E-state index >= 15 is 0 Å². The molecule has 5 aromatic rings. The monoisotopic (exact) mass is 557 g/mol. The first-order chi connectivity index (χ1) is 19.9. The zero-order valence-corrected chi connectivity index (χ0v) is 24.1. The Hall–Kier alpha value is -4.36. The summed E-state index contributed by atoms with van der Waals surface area (Å²) >= 11 is 0. The van der Waals surface area contributed by atoms with Gasteiger partial charge in [0.25, 0.3) is 23.6 Å².